The van der Waals surface area contributed by atoms with Gasteiger partial charge in [0.25, 0.3) is 0 Å². The van der Waals surface area contributed by atoms with E-state index in [4.69, 9.17) is 4.74 Å². The average molecular weight is 365 g/mol. The van der Waals surface area contributed by atoms with Crippen LogP contribution in [-0.4, -0.2) is 12.1 Å². The van der Waals surface area contributed by atoms with Crippen LogP contribution in [0.2, 0.25) is 0 Å². The highest BCUT2D eigenvalue weighted by Crippen LogP contribution is 2.36. The molecule has 1 aliphatic carbocycles. The third-order valence-electron chi connectivity index (χ3n) is 5.80. The molecule has 2 nitrogen and oxygen atoms in total. The van der Waals surface area contributed by atoms with Gasteiger partial charge in [-0.25, -0.2) is 0 Å². The van der Waals surface area contributed by atoms with Crippen molar-refractivity contribution in [2.24, 2.45) is 0 Å². The van der Waals surface area contributed by atoms with Crippen molar-refractivity contribution in [1.29, 1.82) is 0 Å². The van der Waals surface area contributed by atoms with E-state index in [0.29, 0.717) is 12.3 Å². The molecular weight excluding hydrogens is 332 g/mol. The number of unbranched alkanes of at least 4 members (excludes halogenated alkanes) is 1. The summed E-state index contributed by atoms with van der Waals surface area (Å²) in [6, 6.07) is 21.0. The van der Waals surface area contributed by atoms with Crippen molar-refractivity contribution in [3.8, 4) is 0 Å². The fourth-order valence-electron chi connectivity index (χ4n) is 4.30. The second-order valence-electron chi connectivity index (χ2n) is 7.78. The molecule has 0 heterocycles. The normalized spacial score (nSPS) is 20.8. The zero-order valence-corrected chi connectivity index (χ0v) is 16.5. The number of hydrogen-bond donors (Lipinski definition) is 0. The fraction of sp³-hybridized carbons (Fsp3) is 0.480. The highest BCUT2D eigenvalue weighted by molar-refractivity contribution is 5.71. The third-order valence-corrected chi connectivity index (χ3v) is 5.80. The molecule has 0 bridgehead atoms. The van der Waals surface area contributed by atoms with Gasteiger partial charge in [0.05, 0.1) is 6.42 Å². The second kappa shape index (κ2) is 10.3. The number of esters is 1. The number of benzene rings is 2. The van der Waals surface area contributed by atoms with Crippen molar-refractivity contribution in [3.63, 3.8) is 0 Å². The zero-order chi connectivity index (χ0) is 18.9. The van der Waals surface area contributed by atoms with E-state index >= 15 is 0 Å². The highest BCUT2D eigenvalue weighted by atomic mass is 16.5. The van der Waals surface area contributed by atoms with Crippen LogP contribution in [0.3, 0.4) is 0 Å². The van der Waals surface area contributed by atoms with Crippen LogP contribution < -0.4 is 0 Å². The van der Waals surface area contributed by atoms with Gasteiger partial charge in [-0.15, -0.1) is 0 Å². The summed E-state index contributed by atoms with van der Waals surface area (Å²) in [7, 11) is 0. The molecule has 0 spiro atoms. The quantitative estimate of drug-likeness (QED) is 0.492. The molecule has 3 atom stereocenters. The summed E-state index contributed by atoms with van der Waals surface area (Å²) in [4.78, 5) is 12.8. The molecule has 0 unspecified atom stereocenters. The Hall–Kier alpha value is -2.09. The van der Waals surface area contributed by atoms with Gasteiger partial charge in [-0.3, -0.25) is 4.79 Å². The lowest BCUT2D eigenvalue weighted by Crippen LogP contribution is -2.29. The van der Waals surface area contributed by atoms with Crippen molar-refractivity contribution in [2.45, 2.75) is 76.2 Å². The molecule has 0 aromatic heterocycles. The van der Waals surface area contributed by atoms with Crippen molar-refractivity contribution in [1.82, 2.24) is 0 Å². The van der Waals surface area contributed by atoms with Crippen molar-refractivity contribution >= 4 is 5.97 Å². The minimum Gasteiger partial charge on any atom is -0.462 e. The van der Waals surface area contributed by atoms with Gasteiger partial charge in [0.1, 0.15) is 6.10 Å². The van der Waals surface area contributed by atoms with Gasteiger partial charge >= 0.3 is 5.97 Å². The Bertz CT molecular complexity index is 680. The third kappa shape index (κ3) is 5.69. The van der Waals surface area contributed by atoms with E-state index < -0.39 is 0 Å². The summed E-state index contributed by atoms with van der Waals surface area (Å²) in [6.45, 7) is 2.20. The van der Waals surface area contributed by atoms with Gasteiger partial charge in [-0.05, 0) is 42.7 Å². The number of carbonyl (C=O) groups is 1. The van der Waals surface area contributed by atoms with Crippen LogP contribution >= 0.6 is 0 Å². The first-order valence-corrected chi connectivity index (χ1v) is 10.6. The Labute approximate surface area is 164 Å². The summed E-state index contributed by atoms with van der Waals surface area (Å²) < 4.78 is 6.05. The molecule has 2 aromatic carbocycles. The number of hydrogen-bond acceptors (Lipinski definition) is 2. The molecule has 2 aromatic rings. The zero-order valence-electron chi connectivity index (χ0n) is 16.5. The van der Waals surface area contributed by atoms with Gasteiger partial charge in [-0.2, -0.15) is 0 Å². The predicted octanol–water partition coefficient (Wildman–Crippen LogP) is 6.62. The summed E-state index contributed by atoms with van der Waals surface area (Å²) >= 11 is 0. The highest BCUT2D eigenvalue weighted by Gasteiger charge is 2.30. The van der Waals surface area contributed by atoms with E-state index in [1.807, 2.05) is 12.1 Å². The molecule has 0 aliphatic heterocycles. The lowest BCUT2D eigenvalue weighted by atomic mass is 9.81. The number of ether oxygens (including phenoxy) is 1. The van der Waals surface area contributed by atoms with E-state index in [-0.39, 0.29) is 18.0 Å². The predicted molar refractivity (Wildman–Crippen MR) is 111 cm³/mol. The molecule has 1 saturated carbocycles. The van der Waals surface area contributed by atoms with Crippen LogP contribution in [0.4, 0.5) is 0 Å². The first kappa shape index (κ1) is 19.7. The van der Waals surface area contributed by atoms with Gasteiger partial charge in [0.15, 0.2) is 0 Å². The largest absolute Gasteiger partial charge is 0.462 e. The lowest BCUT2D eigenvalue weighted by molar-refractivity contribution is -0.152. The Morgan fingerprint density at radius 1 is 1.00 bits per heavy atom. The van der Waals surface area contributed by atoms with E-state index in [1.165, 1.54) is 17.5 Å². The van der Waals surface area contributed by atoms with E-state index in [0.717, 1.165) is 38.5 Å². The van der Waals surface area contributed by atoms with E-state index in [9.17, 15) is 4.79 Å². The second-order valence-corrected chi connectivity index (χ2v) is 7.78. The van der Waals surface area contributed by atoms with Gasteiger partial charge in [0, 0.05) is 5.92 Å². The van der Waals surface area contributed by atoms with Crippen LogP contribution in [0, 0.1) is 0 Å². The van der Waals surface area contributed by atoms with Crippen LogP contribution in [0.25, 0.3) is 0 Å². The van der Waals surface area contributed by atoms with Crippen LogP contribution in [0.15, 0.2) is 60.7 Å². The van der Waals surface area contributed by atoms with Crippen molar-refractivity contribution < 1.29 is 9.53 Å². The molecule has 0 saturated heterocycles. The first-order valence-electron chi connectivity index (χ1n) is 10.6. The van der Waals surface area contributed by atoms with Gasteiger partial charge < -0.3 is 4.74 Å². The Morgan fingerprint density at radius 3 is 2.37 bits per heavy atom. The molecule has 3 rings (SSSR count). The van der Waals surface area contributed by atoms with Crippen molar-refractivity contribution in [2.75, 3.05) is 0 Å². The minimum absolute atomic E-state index is 0.0243. The Kier molecular flexibility index (Phi) is 7.50. The Balaban J connectivity index is 1.65. The number of rotatable bonds is 8. The maximum absolute atomic E-state index is 12.8. The van der Waals surface area contributed by atoms with Crippen LogP contribution in [0.1, 0.15) is 81.3 Å². The summed E-state index contributed by atoms with van der Waals surface area (Å²) in [5.41, 5.74) is 2.56. The molecule has 144 valence electrons. The monoisotopic (exact) mass is 364 g/mol. The minimum atomic E-state index is -0.0345. The molecule has 2 heteroatoms. The SMILES string of the molecule is CCCC[C@H](CC(=O)O[C@@H]1CCCC[C@H]1c1ccccc1)c1ccccc1. The smallest absolute Gasteiger partial charge is 0.306 e. The topological polar surface area (TPSA) is 26.3 Å². The fourth-order valence-corrected chi connectivity index (χ4v) is 4.30. The van der Waals surface area contributed by atoms with E-state index in [2.05, 4.69) is 55.5 Å². The molecule has 27 heavy (non-hydrogen) atoms. The summed E-state index contributed by atoms with van der Waals surface area (Å²) in [6.07, 6.45) is 8.31. The number of carbonyl (C=O) groups excluding carboxylic acids is 1. The Morgan fingerprint density at radius 2 is 1.67 bits per heavy atom. The van der Waals surface area contributed by atoms with E-state index in [1.54, 1.807) is 0 Å². The molecule has 1 aliphatic rings. The molecule has 0 N–H and O–H groups in total. The molecule has 0 radical (unpaired) electrons. The molecule has 1 fully saturated rings. The van der Waals surface area contributed by atoms with Crippen LogP contribution in [-0.2, 0) is 9.53 Å². The lowest BCUT2D eigenvalue weighted by Gasteiger charge is -2.32. The molecular formula is C25H32O2. The maximum atomic E-state index is 12.8. The van der Waals surface area contributed by atoms with Gasteiger partial charge in [0.2, 0.25) is 0 Å². The van der Waals surface area contributed by atoms with Crippen LogP contribution in [0.5, 0.6) is 0 Å². The maximum Gasteiger partial charge on any atom is 0.306 e. The summed E-state index contributed by atoms with van der Waals surface area (Å²) in [5.74, 6) is 0.569. The van der Waals surface area contributed by atoms with Crippen molar-refractivity contribution in [3.05, 3.63) is 71.8 Å². The first-order chi connectivity index (χ1) is 13.3. The van der Waals surface area contributed by atoms with Gasteiger partial charge in [-0.1, -0.05) is 86.8 Å². The average Bonchev–Trinajstić information content (AvgIpc) is 2.73. The molecule has 0 amide bonds. The summed E-state index contributed by atoms with van der Waals surface area (Å²) in [5, 5.41) is 0. The standard InChI is InChI=1S/C25H32O2/c1-2-3-12-22(20-13-6-4-7-14-20)19-25(26)27-24-18-11-10-17-23(24)21-15-8-5-9-16-21/h4-9,13-16,22-24H,2-3,10-12,17-19H2,1H3/t22-,23+,24-/m1/s1.